The lowest BCUT2D eigenvalue weighted by atomic mass is 9.86. The zero-order valence-corrected chi connectivity index (χ0v) is 13.3. The molecule has 2 rings (SSSR count). The van der Waals surface area contributed by atoms with Crippen molar-refractivity contribution in [3.8, 4) is 29.9 Å². The molecule has 1 aliphatic rings. The Hall–Kier alpha value is -2.92. The average Bonchev–Trinajstić information content (AvgIpc) is 2.75. The summed E-state index contributed by atoms with van der Waals surface area (Å²) in [5.74, 6) is 2.14. The third kappa shape index (κ3) is 2.86. The monoisotopic (exact) mass is 311 g/mol. The van der Waals surface area contributed by atoms with E-state index in [2.05, 4.69) is 5.92 Å². The summed E-state index contributed by atoms with van der Waals surface area (Å²) in [5.41, 5.74) is 1.58. The number of methoxy groups -OCH3 is 1. The van der Waals surface area contributed by atoms with Crippen LogP contribution in [-0.4, -0.2) is 24.8 Å². The largest absolute Gasteiger partial charge is 0.493 e. The molecular weight excluding hydrogens is 294 g/mol. The van der Waals surface area contributed by atoms with Crippen LogP contribution in [-0.2, 0) is 10.2 Å². The molecule has 23 heavy (non-hydrogen) atoms. The van der Waals surface area contributed by atoms with E-state index < -0.39 is 5.97 Å². The summed E-state index contributed by atoms with van der Waals surface area (Å²) in [4.78, 5) is 11.3. The molecule has 0 radical (unpaired) electrons. The standard InChI is InChI=1S/C18H17NO4/c1-5-6-23-16-8-14-11(7-15(16)22-4)12(9-18(14,2)3)13(10-19)17(20)21/h1,7-8H,6,9H2,2-4H3,(H,20,21). The van der Waals surface area contributed by atoms with Crippen molar-refractivity contribution in [1.82, 2.24) is 0 Å². The van der Waals surface area contributed by atoms with Crippen molar-refractivity contribution >= 4 is 11.5 Å². The minimum absolute atomic E-state index is 0.108. The SMILES string of the molecule is C#CCOc1cc2c(cc1OC)C(=C(C#N)C(=O)O)CC2(C)C. The summed E-state index contributed by atoms with van der Waals surface area (Å²) in [6.07, 6.45) is 5.68. The van der Waals surface area contributed by atoms with E-state index in [1.54, 1.807) is 12.1 Å². The number of carboxylic acid groups (broad SMARTS) is 1. The fraction of sp³-hybridized carbons (Fsp3) is 0.333. The highest BCUT2D eigenvalue weighted by atomic mass is 16.5. The quantitative estimate of drug-likeness (QED) is 0.525. The number of carbonyl (C=O) groups is 1. The second-order valence-corrected chi connectivity index (χ2v) is 5.87. The van der Waals surface area contributed by atoms with Gasteiger partial charge < -0.3 is 14.6 Å². The third-order valence-corrected chi connectivity index (χ3v) is 3.92. The van der Waals surface area contributed by atoms with E-state index in [1.165, 1.54) is 7.11 Å². The number of carboxylic acids is 1. The van der Waals surface area contributed by atoms with Crippen molar-refractivity contribution in [3.05, 3.63) is 28.8 Å². The molecule has 5 heteroatoms. The second kappa shape index (κ2) is 6.06. The van der Waals surface area contributed by atoms with Crippen molar-refractivity contribution in [2.75, 3.05) is 13.7 Å². The molecule has 0 saturated carbocycles. The number of nitriles is 1. The molecule has 118 valence electrons. The van der Waals surface area contributed by atoms with Gasteiger partial charge >= 0.3 is 5.97 Å². The zero-order valence-electron chi connectivity index (χ0n) is 13.3. The number of fused-ring (bicyclic) bond motifs is 1. The number of ether oxygens (including phenoxy) is 2. The van der Waals surface area contributed by atoms with E-state index in [4.69, 9.17) is 15.9 Å². The summed E-state index contributed by atoms with van der Waals surface area (Å²) in [7, 11) is 1.50. The lowest BCUT2D eigenvalue weighted by Gasteiger charge is -2.20. The first-order chi connectivity index (χ1) is 10.9. The molecular formula is C18H17NO4. The minimum Gasteiger partial charge on any atom is -0.493 e. The molecule has 0 spiro atoms. The molecule has 1 aromatic carbocycles. The molecule has 0 bridgehead atoms. The van der Waals surface area contributed by atoms with E-state index in [9.17, 15) is 15.2 Å². The fourth-order valence-electron chi connectivity index (χ4n) is 2.86. The van der Waals surface area contributed by atoms with Crippen LogP contribution in [0.25, 0.3) is 5.57 Å². The Kier molecular flexibility index (Phi) is 4.33. The number of hydrogen-bond donors (Lipinski definition) is 1. The summed E-state index contributed by atoms with van der Waals surface area (Å²) >= 11 is 0. The van der Waals surface area contributed by atoms with Crippen molar-refractivity contribution in [3.63, 3.8) is 0 Å². The average molecular weight is 311 g/mol. The maximum Gasteiger partial charge on any atom is 0.346 e. The summed E-state index contributed by atoms with van der Waals surface area (Å²) < 4.78 is 10.8. The van der Waals surface area contributed by atoms with Crippen LogP contribution in [0.1, 0.15) is 31.4 Å². The minimum atomic E-state index is -1.22. The second-order valence-electron chi connectivity index (χ2n) is 5.87. The highest BCUT2D eigenvalue weighted by Crippen LogP contribution is 2.50. The van der Waals surface area contributed by atoms with Gasteiger partial charge in [-0.2, -0.15) is 5.26 Å². The van der Waals surface area contributed by atoms with Gasteiger partial charge in [0.15, 0.2) is 11.5 Å². The van der Waals surface area contributed by atoms with Crippen LogP contribution in [0, 0.1) is 23.7 Å². The van der Waals surface area contributed by atoms with E-state index in [0.717, 1.165) is 5.56 Å². The number of benzene rings is 1. The molecule has 1 N–H and O–H groups in total. The number of nitrogens with zero attached hydrogens (tertiary/aromatic N) is 1. The molecule has 1 aliphatic carbocycles. The van der Waals surface area contributed by atoms with Crippen LogP contribution >= 0.6 is 0 Å². The number of aliphatic carboxylic acids is 1. The van der Waals surface area contributed by atoms with Gasteiger partial charge in [0.05, 0.1) is 7.11 Å². The van der Waals surface area contributed by atoms with Gasteiger partial charge in [-0.15, -0.1) is 6.42 Å². The topological polar surface area (TPSA) is 79.5 Å². The van der Waals surface area contributed by atoms with Gasteiger partial charge in [-0.1, -0.05) is 19.8 Å². The molecule has 0 heterocycles. The number of rotatable bonds is 4. The predicted molar refractivity (Wildman–Crippen MR) is 85.1 cm³/mol. The Morgan fingerprint density at radius 2 is 2.13 bits per heavy atom. The molecule has 5 nitrogen and oxygen atoms in total. The van der Waals surface area contributed by atoms with Gasteiger partial charge in [0.2, 0.25) is 0 Å². The van der Waals surface area contributed by atoms with Gasteiger partial charge in [0.25, 0.3) is 0 Å². The highest BCUT2D eigenvalue weighted by molar-refractivity contribution is 6.02. The normalized spacial score (nSPS) is 16.7. The third-order valence-electron chi connectivity index (χ3n) is 3.92. The maximum atomic E-state index is 11.3. The van der Waals surface area contributed by atoms with Crippen molar-refractivity contribution in [2.45, 2.75) is 25.7 Å². The van der Waals surface area contributed by atoms with Crippen LogP contribution in [0.3, 0.4) is 0 Å². The van der Waals surface area contributed by atoms with E-state index >= 15 is 0 Å². The summed E-state index contributed by atoms with van der Waals surface area (Å²) in [6, 6.07) is 5.32. The van der Waals surface area contributed by atoms with E-state index in [1.807, 2.05) is 19.9 Å². The summed E-state index contributed by atoms with van der Waals surface area (Å²) in [5, 5.41) is 18.5. The number of allylic oxidation sites excluding steroid dienone is 1. The molecule has 0 unspecified atom stereocenters. The van der Waals surface area contributed by atoms with E-state index in [0.29, 0.717) is 29.1 Å². The Morgan fingerprint density at radius 1 is 1.43 bits per heavy atom. The smallest absolute Gasteiger partial charge is 0.346 e. The first-order valence-electron chi connectivity index (χ1n) is 7.01. The highest BCUT2D eigenvalue weighted by Gasteiger charge is 2.37. The van der Waals surface area contributed by atoms with Crippen LogP contribution < -0.4 is 9.47 Å². The zero-order chi connectivity index (χ0) is 17.2. The molecule has 1 aromatic rings. The van der Waals surface area contributed by atoms with Crippen LogP contribution in [0.5, 0.6) is 11.5 Å². The Bertz CT molecular complexity index is 775. The van der Waals surface area contributed by atoms with E-state index in [-0.39, 0.29) is 17.6 Å². The first kappa shape index (κ1) is 16.5. The Morgan fingerprint density at radius 3 is 2.65 bits per heavy atom. The predicted octanol–water partition coefficient (Wildman–Crippen LogP) is 2.75. The van der Waals surface area contributed by atoms with Crippen LogP contribution in [0.2, 0.25) is 0 Å². The molecule has 0 atom stereocenters. The maximum absolute atomic E-state index is 11.3. The lowest BCUT2D eigenvalue weighted by Crippen LogP contribution is -2.12. The van der Waals surface area contributed by atoms with Gasteiger partial charge in [-0.3, -0.25) is 0 Å². The van der Waals surface area contributed by atoms with Crippen molar-refractivity contribution < 1.29 is 19.4 Å². The van der Waals surface area contributed by atoms with Gasteiger partial charge in [0.1, 0.15) is 18.2 Å². The molecule has 0 fully saturated rings. The number of hydrogen-bond acceptors (Lipinski definition) is 4. The molecule has 0 amide bonds. The van der Waals surface area contributed by atoms with Crippen LogP contribution in [0.4, 0.5) is 0 Å². The van der Waals surface area contributed by atoms with Crippen molar-refractivity contribution in [2.24, 2.45) is 0 Å². The molecule has 0 aromatic heterocycles. The molecule has 0 aliphatic heterocycles. The fourth-order valence-corrected chi connectivity index (χ4v) is 2.86. The Labute approximate surface area is 135 Å². The molecule has 0 saturated heterocycles. The first-order valence-corrected chi connectivity index (χ1v) is 7.01. The Balaban J connectivity index is 2.71. The van der Waals surface area contributed by atoms with Crippen molar-refractivity contribution in [1.29, 1.82) is 5.26 Å². The number of terminal acetylenes is 1. The van der Waals surface area contributed by atoms with Crippen LogP contribution in [0.15, 0.2) is 17.7 Å². The van der Waals surface area contributed by atoms with Gasteiger partial charge in [-0.25, -0.2) is 4.79 Å². The van der Waals surface area contributed by atoms with Gasteiger partial charge in [0, 0.05) is 0 Å². The lowest BCUT2D eigenvalue weighted by molar-refractivity contribution is -0.132. The van der Waals surface area contributed by atoms with Gasteiger partial charge in [-0.05, 0) is 40.7 Å². The summed E-state index contributed by atoms with van der Waals surface area (Å²) in [6.45, 7) is 4.09.